The zero-order chi connectivity index (χ0) is 13.1. The van der Waals surface area contributed by atoms with Crippen LogP contribution in [0.25, 0.3) is 5.69 Å². The Kier molecular flexibility index (Phi) is 3.23. The van der Waals surface area contributed by atoms with Gasteiger partial charge in [0.15, 0.2) is 11.6 Å². The number of halogens is 1. The fourth-order valence-corrected chi connectivity index (χ4v) is 1.52. The molecule has 0 amide bonds. The molecule has 0 aliphatic carbocycles. The SMILES string of the molecule is CC(=O)Oc1ccc(-n2ccccc2=O)cc1F. The highest BCUT2D eigenvalue weighted by Gasteiger charge is 2.08. The van der Waals surface area contributed by atoms with E-state index in [0.29, 0.717) is 5.69 Å². The lowest BCUT2D eigenvalue weighted by Gasteiger charge is -2.07. The summed E-state index contributed by atoms with van der Waals surface area (Å²) in [5, 5.41) is 0. The third kappa shape index (κ3) is 2.45. The highest BCUT2D eigenvalue weighted by molar-refractivity contribution is 5.69. The standard InChI is InChI=1S/C13H10FNO3/c1-9(16)18-12-6-5-10(8-11(12)14)15-7-3-2-4-13(15)17/h2-8H,1H3. The zero-order valence-electron chi connectivity index (χ0n) is 9.59. The van der Waals surface area contributed by atoms with Crippen molar-refractivity contribution < 1.29 is 13.9 Å². The van der Waals surface area contributed by atoms with Gasteiger partial charge in [0, 0.05) is 25.3 Å². The van der Waals surface area contributed by atoms with Crippen molar-refractivity contribution in [1.82, 2.24) is 4.57 Å². The summed E-state index contributed by atoms with van der Waals surface area (Å²) < 4.78 is 19.6. The monoisotopic (exact) mass is 247 g/mol. The molecule has 0 saturated heterocycles. The van der Waals surface area contributed by atoms with Crippen molar-refractivity contribution >= 4 is 5.97 Å². The highest BCUT2D eigenvalue weighted by atomic mass is 19.1. The van der Waals surface area contributed by atoms with Crippen LogP contribution in [-0.4, -0.2) is 10.5 Å². The normalized spacial score (nSPS) is 10.1. The van der Waals surface area contributed by atoms with Crippen LogP contribution in [0.4, 0.5) is 4.39 Å². The largest absolute Gasteiger partial charge is 0.424 e. The maximum Gasteiger partial charge on any atom is 0.308 e. The second-order valence-electron chi connectivity index (χ2n) is 3.62. The van der Waals surface area contributed by atoms with Crippen molar-refractivity contribution in [2.24, 2.45) is 0 Å². The fraction of sp³-hybridized carbons (Fsp3) is 0.0769. The van der Waals surface area contributed by atoms with Crippen molar-refractivity contribution in [1.29, 1.82) is 0 Å². The highest BCUT2D eigenvalue weighted by Crippen LogP contribution is 2.19. The first-order valence-electron chi connectivity index (χ1n) is 5.24. The second kappa shape index (κ2) is 4.83. The van der Waals surface area contributed by atoms with Crippen LogP contribution in [0.5, 0.6) is 5.75 Å². The van der Waals surface area contributed by atoms with Crippen molar-refractivity contribution in [3.63, 3.8) is 0 Å². The number of ether oxygens (including phenoxy) is 1. The Morgan fingerprint density at radius 2 is 2.06 bits per heavy atom. The van der Waals surface area contributed by atoms with E-state index in [2.05, 4.69) is 4.74 Å². The molecule has 2 rings (SSSR count). The summed E-state index contributed by atoms with van der Waals surface area (Å²) in [6, 6.07) is 8.59. The quantitative estimate of drug-likeness (QED) is 0.601. The minimum atomic E-state index is -0.696. The summed E-state index contributed by atoms with van der Waals surface area (Å²) in [5.74, 6) is -1.45. The average Bonchev–Trinajstić information content (AvgIpc) is 2.32. The lowest BCUT2D eigenvalue weighted by molar-refractivity contribution is -0.132. The molecule has 0 unspecified atom stereocenters. The minimum absolute atomic E-state index is 0.157. The third-order valence-corrected chi connectivity index (χ3v) is 2.27. The number of hydrogen-bond donors (Lipinski definition) is 0. The van der Waals surface area contributed by atoms with Crippen molar-refractivity contribution in [3.05, 3.63) is 58.8 Å². The first kappa shape index (κ1) is 12.0. The lowest BCUT2D eigenvalue weighted by atomic mass is 10.2. The van der Waals surface area contributed by atoms with E-state index in [1.807, 2.05) is 0 Å². The number of hydrogen-bond acceptors (Lipinski definition) is 3. The Labute approximate surface area is 102 Å². The molecule has 1 aromatic heterocycles. The molecule has 0 saturated carbocycles. The molecule has 92 valence electrons. The van der Waals surface area contributed by atoms with E-state index in [9.17, 15) is 14.0 Å². The first-order valence-corrected chi connectivity index (χ1v) is 5.24. The molecule has 18 heavy (non-hydrogen) atoms. The van der Waals surface area contributed by atoms with E-state index in [-0.39, 0.29) is 11.3 Å². The van der Waals surface area contributed by atoms with Gasteiger partial charge in [0.1, 0.15) is 0 Å². The van der Waals surface area contributed by atoms with Gasteiger partial charge in [0.05, 0.1) is 5.69 Å². The molecule has 0 N–H and O–H groups in total. The number of nitrogens with zero attached hydrogens (tertiary/aromatic N) is 1. The third-order valence-electron chi connectivity index (χ3n) is 2.27. The maximum atomic E-state index is 13.6. The summed E-state index contributed by atoms with van der Waals surface area (Å²) in [5.41, 5.74) is 0.103. The van der Waals surface area contributed by atoms with Gasteiger partial charge in [-0.1, -0.05) is 6.07 Å². The van der Waals surface area contributed by atoms with Gasteiger partial charge in [-0.05, 0) is 18.2 Å². The summed E-state index contributed by atoms with van der Waals surface area (Å²) in [7, 11) is 0. The van der Waals surface area contributed by atoms with Crippen LogP contribution < -0.4 is 10.3 Å². The van der Waals surface area contributed by atoms with Gasteiger partial charge in [-0.3, -0.25) is 14.2 Å². The summed E-state index contributed by atoms with van der Waals surface area (Å²) in [6.45, 7) is 1.19. The number of pyridine rings is 1. The molecule has 4 nitrogen and oxygen atoms in total. The molecule has 0 radical (unpaired) electrons. The van der Waals surface area contributed by atoms with Crippen molar-refractivity contribution in [2.45, 2.75) is 6.92 Å². The molecule has 0 fully saturated rings. The van der Waals surface area contributed by atoms with Crippen LogP contribution in [0, 0.1) is 5.82 Å². The molecule has 0 aliphatic heterocycles. The van der Waals surface area contributed by atoms with E-state index in [1.54, 1.807) is 12.1 Å². The lowest BCUT2D eigenvalue weighted by Crippen LogP contribution is -2.15. The molecule has 5 heteroatoms. The molecule has 0 atom stereocenters. The summed E-state index contributed by atoms with van der Waals surface area (Å²) in [6.07, 6.45) is 1.53. The second-order valence-corrected chi connectivity index (χ2v) is 3.62. The van der Waals surface area contributed by atoms with E-state index in [1.165, 1.54) is 35.9 Å². The van der Waals surface area contributed by atoms with Gasteiger partial charge in [-0.15, -0.1) is 0 Å². The molecule has 0 bridgehead atoms. The number of esters is 1. The smallest absolute Gasteiger partial charge is 0.308 e. The summed E-state index contributed by atoms with van der Waals surface area (Å²) in [4.78, 5) is 22.3. The van der Waals surface area contributed by atoms with E-state index in [0.717, 1.165) is 6.07 Å². The van der Waals surface area contributed by atoms with Gasteiger partial charge in [-0.2, -0.15) is 0 Å². The Balaban J connectivity index is 2.44. The number of carbonyl (C=O) groups is 1. The average molecular weight is 247 g/mol. The fourth-order valence-electron chi connectivity index (χ4n) is 1.52. The number of benzene rings is 1. The number of carbonyl (C=O) groups excluding carboxylic acids is 1. The van der Waals surface area contributed by atoms with Gasteiger partial charge in [-0.25, -0.2) is 4.39 Å². The van der Waals surface area contributed by atoms with Crippen molar-refractivity contribution in [2.75, 3.05) is 0 Å². The van der Waals surface area contributed by atoms with E-state index in [4.69, 9.17) is 0 Å². The van der Waals surface area contributed by atoms with Crippen LogP contribution in [0.1, 0.15) is 6.92 Å². The Hall–Kier alpha value is -2.43. The molecule has 0 spiro atoms. The molecule has 2 aromatic rings. The van der Waals surface area contributed by atoms with Gasteiger partial charge in [0.25, 0.3) is 5.56 Å². The van der Waals surface area contributed by atoms with Gasteiger partial charge >= 0.3 is 5.97 Å². The Bertz CT molecular complexity index is 649. The predicted molar refractivity (Wildman–Crippen MR) is 63.3 cm³/mol. The van der Waals surface area contributed by atoms with Crippen molar-refractivity contribution in [3.8, 4) is 11.4 Å². The molecular weight excluding hydrogens is 237 g/mol. The Morgan fingerprint density at radius 1 is 1.28 bits per heavy atom. The van der Waals surface area contributed by atoms with Crippen LogP contribution in [0.2, 0.25) is 0 Å². The first-order chi connectivity index (χ1) is 8.58. The van der Waals surface area contributed by atoms with Gasteiger partial charge in [0.2, 0.25) is 0 Å². The maximum absolute atomic E-state index is 13.6. The molecule has 1 aromatic carbocycles. The van der Waals surface area contributed by atoms with Gasteiger partial charge < -0.3 is 4.74 Å². The Morgan fingerprint density at radius 3 is 2.67 bits per heavy atom. The summed E-state index contributed by atoms with van der Waals surface area (Å²) >= 11 is 0. The van der Waals surface area contributed by atoms with Crippen LogP contribution >= 0.6 is 0 Å². The van der Waals surface area contributed by atoms with E-state index >= 15 is 0 Å². The number of rotatable bonds is 2. The predicted octanol–water partition coefficient (Wildman–Crippen LogP) is 1.90. The van der Waals surface area contributed by atoms with Crippen LogP contribution in [0.3, 0.4) is 0 Å². The zero-order valence-corrected chi connectivity index (χ0v) is 9.59. The number of aromatic nitrogens is 1. The molecular formula is C13H10FNO3. The minimum Gasteiger partial charge on any atom is -0.424 e. The van der Waals surface area contributed by atoms with Crippen LogP contribution in [-0.2, 0) is 4.79 Å². The topological polar surface area (TPSA) is 48.3 Å². The molecule has 1 heterocycles. The van der Waals surface area contributed by atoms with Crippen LogP contribution in [0.15, 0.2) is 47.4 Å². The van der Waals surface area contributed by atoms with E-state index < -0.39 is 11.8 Å². The molecule has 0 aliphatic rings.